The number of rotatable bonds is 1. The molecule has 0 spiro atoms. The molecule has 0 N–H and O–H groups in total. The molecule has 3 rings (SSSR count). The van der Waals surface area contributed by atoms with Gasteiger partial charge in [0.1, 0.15) is 0 Å². The molecule has 1 saturated heterocycles. The van der Waals surface area contributed by atoms with E-state index in [0.29, 0.717) is 0 Å². The Kier molecular flexibility index (Phi) is 2.23. The number of hydrogen-bond acceptors (Lipinski definition) is 4. The third-order valence-corrected chi connectivity index (χ3v) is 3.95. The molecule has 0 saturated carbocycles. The SMILES string of the molecule is CN1N2C(c3ccccc3)=NO[C@@]2(C)CC1(C)C. The monoisotopic (exact) mass is 245 g/mol. The van der Waals surface area contributed by atoms with Crippen LogP contribution in [0.1, 0.15) is 32.8 Å². The average Bonchev–Trinajstić information content (AvgIpc) is 2.73. The van der Waals surface area contributed by atoms with E-state index >= 15 is 0 Å². The first-order valence-electron chi connectivity index (χ1n) is 6.30. The highest BCUT2D eigenvalue weighted by Gasteiger charge is 2.57. The Hall–Kier alpha value is -1.55. The molecule has 18 heavy (non-hydrogen) atoms. The van der Waals surface area contributed by atoms with E-state index in [1.54, 1.807) is 0 Å². The third kappa shape index (κ3) is 1.45. The average molecular weight is 245 g/mol. The summed E-state index contributed by atoms with van der Waals surface area (Å²) < 4.78 is 0. The van der Waals surface area contributed by atoms with Crippen LogP contribution in [0.2, 0.25) is 0 Å². The van der Waals surface area contributed by atoms with Crippen molar-refractivity contribution in [3.63, 3.8) is 0 Å². The molecule has 2 aliphatic rings. The highest BCUT2D eigenvalue weighted by molar-refractivity contribution is 5.99. The minimum Gasteiger partial charge on any atom is -0.364 e. The lowest BCUT2D eigenvalue weighted by Gasteiger charge is -2.34. The fourth-order valence-corrected chi connectivity index (χ4v) is 2.96. The zero-order valence-corrected chi connectivity index (χ0v) is 11.3. The summed E-state index contributed by atoms with van der Waals surface area (Å²) in [6.45, 7) is 6.54. The quantitative estimate of drug-likeness (QED) is 0.760. The molecular formula is C14H19N3O. The maximum absolute atomic E-state index is 5.71. The van der Waals surface area contributed by atoms with Gasteiger partial charge in [-0.1, -0.05) is 35.5 Å². The molecule has 0 amide bonds. The van der Waals surface area contributed by atoms with E-state index in [1.807, 2.05) is 18.2 Å². The van der Waals surface area contributed by atoms with Gasteiger partial charge in [-0.15, -0.1) is 0 Å². The van der Waals surface area contributed by atoms with Gasteiger partial charge in [0.15, 0.2) is 5.84 Å². The Morgan fingerprint density at radius 2 is 1.83 bits per heavy atom. The van der Waals surface area contributed by atoms with Crippen molar-refractivity contribution in [2.24, 2.45) is 5.16 Å². The molecule has 0 aliphatic carbocycles. The number of nitrogens with zero attached hydrogens (tertiary/aromatic N) is 3. The molecule has 0 aromatic heterocycles. The van der Waals surface area contributed by atoms with Crippen LogP contribution in [0.15, 0.2) is 35.5 Å². The predicted molar refractivity (Wildman–Crippen MR) is 70.8 cm³/mol. The summed E-state index contributed by atoms with van der Waals surface area (Å²) in [5, 5.41) is 8.68. The van der Waals surface area contributed by atoms with E-state index in [-0.39, 0.29) is 11.3 Å². The van der Waals surface area contributed by atoms with Crippen LogP contribution in [-0.2, 0) is 4.84 Å². The van der Waals surface area contributed by atoms with Gasteiger partial charge in [-0.25, -0.2) is 10.0 Å². The molecule has 2 heterocycles. The lowest BCUT2D eigenvalue weighted by atomic mass is 9.97. The fraction of sp³-hybridized carbons (Fsp3) is 0.500. The minimum absolute atomic E-state index is 0.0741. The smallest absolute Gasteiger partial charge is 0.223 e. The number of hydrazine groups is 1. The van der Waals surface area contributed by atoms with Crippen LogP contribution < -0.4 is 0 Å². The Labute approximate surface area is 108 Å². The molecule has 1 fully saturated rings. The summed E-state index contributed by atoms with van der Waals surface area (Å²) in [6.07, 6.45) is 0.927. The summed E-state index contributed by atoms with van der Waals surface area (Å²) in [4.78, 5) is 5.71. The molecular weight excluding hydrogens is 226 g/mol. The second-order valence-electron chi connectivity index (χ2n) is 5.87. The van der Waals surface area contributed by atoms with Gasteiger partial charge in [-0.3, -0.25) is 0 Å². The first-order chi connectivity index (χ1) is 8.44. The highest BCUT2D eigenvalue weighted by atomic mass is 16.7. The lowest BCUT2D eigenvalue weighted by Crippen LogP contribution is -2.49. The molecule has 1 aromatic rings. The van der Waals surface area contributed by atoms with Crippen LogP contribution in [0, 0.1) is 0 Å². The van der Waals surface area contributed by atoms with Crippen LogP contribution in [-0.4, -0.2) is 34.2 Å². The van der Waals surface area contributed by atoms with Gasteiger partial charge < -0.3 is 4.84 Å². The van der Waals surface area contributed by atoms with Crippen molar-refractivity contribution in [2.45, 2.75) is 38.5 Å². The minimum atomic E-state index is -0.358. The highest BCUT2D eigenvalue weighted by Crippen LogP contribution is 2.44. The summed E-state index contributed by atoms with van der Waals surface area (Å²) in [5.41, 5.74) is 0.805. The maximum atomic E-state index is 5.71. The first kappa shape index (κ1) is 11.5. The van der Waals surface area contributed by atoms with Gasteiger partial charge in [0.05, 0.1) is 0 Å². The molecule has 1 aromatic carbocycles. The van der Waals surface area contributed by atoms with Crippen LogP contribution in [0.5, 0.6) is 0 Å². The third-order valence-electron chi connectivity index (χ3n) is 3.95. The summed E-state index contributed by atoms with van der Waals surface area (Å²) in [5.74, 6) is 0.895. The molecule has 0 radical (unpaired) electrons. The largest absolute Gasteiger partial charge is 0.364 e. The van der Waals surface area contributed by atoms with Crippen molar-refractivity contribution < 1.29 is 4.84 Å². The molecule has 0 bridgehead atoms. The van der Waals surface area contributed by atoms with Crippen molar-refractivity contribution in [1.29, 1.82) is 0 Å². The van der Waals surface area contributed by atoms with Crippen molar-refractivity contribution >= 4 is 5.84 Å². The predicted octanol–water partition coefficient (Wildman–Crippen LogP) is 2.43. The van der Waals surface area contributed by atoms with Crippen molar-refractivity contribution in [2.75, 3.05) is 7.05 Å². The van der Waals surface area contributed by atoms with Gasteiger partial charge in [-0.2, -0.15) is 0 Å². The van der Waals surface area contributed by atoms with E-state index in [2.05, 4.69) is 55.1 Å². The Morgan fingerprint density at radius 3 is 2.50 bits per heavy atom. The summed E-state index contributed by atoms with van der Waals surface area (Å²) in [6, 6.07) is 10.2. The molecule has 96 valence electrons. The number of hydrogen-bond donors (Lipinski definition) is 0. The summed E-state index contributed by atoms with van der Waals surface area (Å²) in [7, 11) is 2.10. The molecule has 1 atom stereocenters. The second-order valence-corrected chi connectivity index (χ2v) is 5.87. The zero-order valence-electron chi connectivity index (χ0n) is 11.3. The molecule has 2 aliphatic heterocycles. The molecule has 4 nitrogen and oxygen atoms in total. The standard InChI is InChI=1S/C14H19N3O/c1-13(2)10-14(3)17(16(13)4)12(15-18-14)11-8-6-5-7-9-11/h5-9H,10H2,1-4H3/t14-/m0/s1. The van der Waals surface area contributed by atoms with Crippen molar-refractivity contribution in [1.82, 2.24) is 10.0 Å². The zero-order chi connectivity index (χ0) is 13.0. The number of oxime groups is 1. The van der Waals surface area contributed by atoms with Gasteiger partial charge >= 0.3 is 0 Å². The molecule has 0 unspecified atom stereocenters. The van der Waals surface area contributed by atoms with Gasteiger partial charge in [0.25, 0.3) is 0 Å². The van der Waals surface area contributed by atoms with Crippen LogP contribution in [0.25, 0.3) is 0 Å². The van der Waals surface area contributed by atoms with E-state index in [9.17, 15) is 0 Å². The van der Waals surface area contributed by atoms with Gasteiger partial charge in [0, 0.05) is 24.6 Å². The van der Waals surface area contributed by atoms with E-state index < -0.39 is 0 Å². The van der Waals surface area contributed by atoms with Crippen LogP contribution in [0.3, 0.4) is 0 Å². The van der Waals surface area contributed by atoms with Crippen molar-refractivity contribution in [3.8, 4) is 0 Å². The number of amidine groups is 1. The topological polar surface area (TPSA) is 28.1 Å². The number of fused-ring (bicyclic) bond motifs is 1. The Bertz CT molecular complexity index is 497. The Morgan fingerprint density at radius 1 is 1.17 bits per heavy atom. The Balaban J connectivity index is 2.01. The van der Waals surface area contributed by atoms with Gasteiger partial charge in [0.2, 0.25) is 5.72 Å². The number of benzene rings is 1. The van der Waals surface area contributed by atoms with Crippen molar-refractivity contribution in [3.05, 3.63) is 35.9 Å². The first-order valence-corrected chi connectivity index (χ1v) is 6.30. The normalized spacial score (nSPS) is 30.0. The maximum Gasteiger partial charge on any atom is 0.223 e. The van der Waals surface area contributed by atoms with Gasteiger partial charge in [-0.05, 0) is 20.8 Å². The lowest BCUT2D eigenvalue weighted by molar-refractivity contribution is -0.109. The van der Waals surface area contributed by atoms with Crippen LogP contribution in [0.4, 0.5) is 0 Å². The molecule has 4 heteroatoms. The van der Waals surface area contributed by atoms with E-state index in [1.165, 1.54) is 0 Å². The second kappa shape index (κ2) is 3.48. The van der Waals surface area contributed by atoms with E-state index in [4.69, 9.17) is 4.84 Å². The van der Waals surface area contributed by atoms with Crippen LogP contribution >= 0.6 is 0 Å². The summed E-state index contributed by atoms with van der Waals surface area (Å²) >= 11 is 0. The fourth-order valence-electron chi connectivity index (χ4n) is 2.96. The van der Waals surface area contributed by atoms with E-state index in [0.717, 1.165) is 17.8 Å².